The number of aromatic nitrogens is 2. The molecule has 0 aliphatic carbocycles. The summed E-state index contributed by atoms with van der Waals surface area (Å²) in [5.74, 6) is -1.03. The molecule has 2 amide bonds. The highest BCUT2D eigenvalue weighted by molar-refractivity contribution is 7.15. The number of amides is 2. The molecule has 2 heterocycles. The number of nitrogens with one attached hydrogen (secondary N) is 2. The minimum Gasteiger partial charge on any atom is -0.478 e. The SMILES string of the molecule is Cc1nc(NC(=O)NCc2cc(C(=O)O)ccn2)sc1C. The zero-order valence-corrected chi connectivity index (χ0v) is 12.3. The van der Waals surface area contributed by atoms with Crippen LogP contribution in [0.4, 0.5) is 9.93 Å². The van der Waals surface area contributed by atoms with Crippen LogP contribution >= 0.6 is 11.3 Å². The van der Waals surface area contributed by atoms with Gasteiger partial charge in [-0.1, -0.05) is 0 Å². The van der Waals surface area contributed by atoms with E-state index >= 15 is 0 Å². The molecule has 0 spiro atoms. The van der Waals surface area contributed by atoms with Gasteiger partial charge in [-0.05, 0) is 26.0 Å². The molecule has 0 saturated heterocycles. The molecule has 8 heteroatoms. The first kappa shape index (κ1) is 14.9. The quantitative estimate of drug-likeness (QED) is 0.803. The third-order valence-corrected chi connectivity index (χ3v) is 3.73. The molecule has 0 aliphatic rings. The molecule has 0 aromatic carbocycles. The lowest BCUT2D eigenvalue weighted by atomic mass is 10.2. The molecule has 7 nitrogen and oxygen atoms in total. The lowest BCUT2D eigenvalue weighted by Gasteiger charge is -2.05. The Hall–Kier alpha value is -2.48. The molecule has 0 bridgehead atoms. The zero-order chi connectivity index (χ0) is 15.4. The van der Waals surface area contributed by atoms with Crippen molar-refractivity contribution in [2.24, 2.45) is 0 Å². The number of aryl methyl sites for hydroxylation is 2. The van der Waals surface area contributed by atoms with Crippen LogP contribution in [0.25, 0.3) is 0 Å². The highest BCUT2D eigenvalue weighted by atomic mass is 32.1. The van der Waals surface area contributed by atoms with Crippen molar-refractivity contribution < 1.29 is 14.7 Å². The number of rotatable bonds is 4. The van der Waals surface area contributed by atoms with E-state index in [0.717, 1.165) is 10.6 Å². The van der Waals surface area contributed by atoms with Crippen LogP contribution in [0.3, 0.4) is 0 Å². The van der Waals surface area contributed by atoms with Gasteiger partial charge in [0.25, 0.3) is 0 Å². The van der Waals surface area contributed by atoms with E-state index in [1.54, 1.807) is 0 Å². The number of carbonyl (C=O) groups is 2. The van der Waals surface area contributed by atoms with E-state index < -0.39 is 12.0 Å². The van der Waals surface area contributed by atoms with Gasteiger partial charge in [-0.2, -0.15) is 0 Å². The van der Waals surface area contributed by atoms with E-state index in [4.69, 9.17) is 5.11 Å². The molecule has 0 fully saturated rings. The molecule has 0 radical (unpaired) electrons. The summed E-state index contributed by atoms with van der Waals surface area (Å²) in [5.41, 5.74) is 1.48. The predicted molar refractivity (Wildman–Crippen MR) is 78.6 cm³/mol. The number of carboxylic acid groups (broad SMARTS) is 1. The monoisotopic (exact) mass is 306 g/mol. The lowest BCUT2D eigenvalue weighted by Crippen LogP contribution is -2.28. The fraction of sp³-hybridized carbons (Fsp3) is 0.231. The van der Waals surface area contributed by atoms with E-state index in [1.165, 1.54) is 29.7 Å². The standard InChI is InChI=1S/C13H14N4O3S/c1-7-8(2)21-13(16-7)17-12(20)15-6-10-5-9(11(18)19)3-4-14-10/h3-5H,6H2,1-2H3,(H,18,19)(H2,15,16,17,20). The molecule has 3 N–H and O–H groups in total. The topological polar surface area (TPSA) is 104 Å². The van der Waals surface area contributed by atoms with Gasteiger partial charge in [0.2, 0.25) is 0 Å². The number of thiazole rings is 1. The van der Waals surface area contributed by atoms with Gasteiger partial charge in [0.15, 0.2) is 5.13 Å². The maximum atomic E-state index is 11.7. The predicted octanol–water partition coefficient (Wildman–Crippen LogP) is 2.17. The van der Waals surface area contributed by atoms with Crippen LogP contribution in [0, 0.1) is 13.8 Å². The van der Waals surface area contributed by atoms with E-state index in [2.05, 4.69) is 20.6 Å². The second kappa shape index (κ2) is 6.31. The number of carbonyl (C=O) groups excluding carboxylic acids is 1. The van der Waals surface area contributed by atoms with Crippen LogP contribution in [0.5, 0.6) is 0 Å². The first-order valence-electron chi connectivity index (χ1n) is 6.13. The molecule has 0 saturated carbocycles. The minimum atomic E-state index is -1.03. The first-order chi connectivity index (χ1) is 9.95. The number of hydrogen-bond donors (Lipinski definition) is 3. The summed E-state index contributed by atoms with van der Waals surface area (Å²) >= 11 is 1.39. The van der Waals surface area contributed by atoms with Crippen LogP contribution < -0.4 is 10.6 Å². The Bertz CT molecular complexity index is 664. The summed E-state index contributed by atoms with van der Waals surface area (Å²) in [4.78, 5) is 31.8. The summed E-state index contributed by atoms with van der Waals surface area (Å²) in [6.45, 7) is 3.93. The first-order valence-corrected chi connectivity index (χ1v) is 6.94. The highest BCUT2D eigenvalue weighted by Crippen LogP contribution is 2.20. The second-order valence-electron chi connectivity index (χ2n) is 4.31. The molecule has 2 aromatic rings. The van der Waals surface area contributed by atoms with Crippen molar-refractivity contribution in [2.45, 2.75) is 20.4 Å². The molecular formula is C13H14N4O3S. The van der Waals surface area contributed by atoms with Crippen LogP contribution in [0.1, 0.15) is 26.6 Å². The summed E-state index contributed by atoms with van der Waals surface area (Å²) in [5, 5.41) is 14.6. The van der Waals surface area contributed by atoms with Gasteiger partial charge in [-0.15, -0.1) is 11.3 Å². The minimum absolute atomic E-state index is 0.133. The summed E-state index contributed by atoms with van der Waals surface area (Å²) in [6.07, 6.45) is 1.39. The molecule has 0 aliphatic heterocycles. The van der Waals surface area contributed by atoms with E-state index in [9.17, 15) is 9.59 Å². The Kier molecular flexibility index (Phi) is 4.49. The summed E-state index contributed by atoms with van der Waals surface area (Å²) < 4.78 is 0. The van der Waals surface area contributed by atoms with Crippen molar-refractivity contribution in [2.75, 3.05) is 5.32 Å². The highest BCUT2D eigenvalue weighted by Gasteiger charge is 2.09. The maximum absolute atomic E-state index is 11.7. The summed E-state index contributed by atoms with van der Waals surface area (Å²) in [7, 11) is 0. The van der Waals surface area contributed by atoms with Gasteiger partial charge in [-0.25, -0.2) is 14.6 Å². The average molecular weight is 306 g/mol. The van der Waals surface area contributed by atoms with E-state index in [0.29, 0.717) is 10.8 Å². The number of pyridine rings is 1. The Morgan fingerprint density at radius 3 is 2.76 bits per heavy atom. The fourth-order valence-corrected chi connectivity index (χ4v) is 2.36. The third kappa shape index (κ3) is 3.99. The van der Waals surface area contributed by atoms with Crippen molar-refractivity contribution in [3.05, 3.63) is 40.2 Å². The van der Waals surface area contributed by atoms with Crippen LogP contribution in [-0.4, -0.2) is 27.1 Å². The number of urea groups is 1. The van der Waals surface area contributed by atoms with E-state index in [1.807, 2.05) is 13.8 Å². The Morgan fingerprint density at radius 1 is 1.38 bits per heavy atom. The Morgan fingerprint density at radius 2 is 2.14 bits per heavy atom. The molecule has 110 valence electrons. The number of aromatic carboxylic acids is 1. The molecule has 21 heavy (non-hydrogen) atoms. The molecule has 0 unspecified atom stereocenters. The molecular weight excluding hydrogens is 292 g/mol. The van der Waals surface area contributed by atoms with Crippen molar-refractivity contribution in [1.29, 1.82) is 0 Å². The van der Waals surface area contributed by atoms with Gasteiger partial charge in [0.1, 0.15) is 0 Å². The average Bonchev–Trinajstić information content (AvgIpc) is 2.75. The molecule has 0 atom stereocenters. The van der Waals surface area contributed by atoms with Crippen LogP contribution in [0.2, 0.25) is 0 Å². The lowest BCUT2D eigenvalue weighted by molar-refractivity contribution is 0.0696. The van der Waals surface area contributed by atoms with Gasteiger partial charge < -0.3 is 10.4 Å². The normalized spacial score (nSPS) is 10.2. The molecule has 2 aromatic heterocycles. The Balaban J connectivity index is 1.92. The zero-order valence-electron chi connectivity index (χ0n) is 11.5. The van der Waals surface area contributed by atoms with Crippen LogP contribution in [-0.2, 0) is 6.54 Å². The van der Waals surface area contributed by atoms with Crippen molar-refractivity contribution in [1.82, 2.24) is 15.3 Å². The van der Waals surface area contributed by atoms with Gasteiger partial charge >= 0.3 is 12.0 Å². The van der Waals surface area contributed by atoms with Crippen molar-refractivity contribution in [3.8, 4) is 0 Å². The summed E-state index contributed by atoms with van der Waals surface area (Å²) in [6, 6.07) is 2.40. The number of carboxylic acids is 1. The van der Waals surface area contributed by atoms with Crippen LogP contribution in [0.15, 0.2) is 18.3 Å². The fourth-order valence-electron chi connectivity index (χ4n) is 1.55. The number of hydrogen-bond acceptors (Lipinski definition) is 5. The van der Waals surface area contributed by atoms with Gasteiger partial charge in [0, 0.05) is 11.1 Å². The van der Waals surface area contributed by atoms with Gasteiger partial charge in [0.05, 0.1) is 23.5 Å². The van der Waals surface area contributed by atoms with E-state index in [-0.39, 0.29) is 12.1 Å². The second-order valence-corrected chi connectivity index (χ2v) is 5.51. The largest absolute Gasteiger partial charge is 0.478 e. The maximum Gasteiger partial charge on any atom is 0.335 e. The smallest absolute Gasteiger partial charge is 0.335 e. The van der Waals surface area contributed by atoms with Gasteiger partial charge in [-0.3, -0.25) is 10.3 Å². The number of anilines is 1. The third-order valence-electron chi connectivity index (χ3n) is 2.74. The number of nitrogens with zero attached hydrogens (tertiary/aromatic N) is 2. The van der Waals surface area contributed by atoms with Crippen molar-refractivity contribution in [3.63, 3.8) is 0 Å². The molecule has 2 rings (SSSR count). The van der Waals surface area contributed by atoms with Crippen molar-refractivity contribution >= 4 is 28.5 Å². The Labute approximate surface area is 125 Å².